The number of hydrogen-bond acceptors (Lipinski definition) is 8. The first-order chi connectivity index (χ1) is 17.0. The van der Waals surface area contributed by atoms with Crippen molar-refractivity contribution < 1.29 is 9.53 Å². The smallest absolute Gasteiger partial charge is 0.260 e. The maximum absolute atomic E-state index is 12.8. The van der Waals surface area contributed by atoms with Gasteiger partial charge in [0.15, 0.2) is 6.61 Å². The van der Waals surface area contributed by atoms with E-state index in [-0.39, 0.29) is 12.5 Å². The predicted molar refractivity (Wildman–Crippen MR) is 137 cm³/mol. The molecule has 2 aliphatic heterocycles. The van der Waals surface area contributed by atoms with Crippen molar-refractivity contribution in [3.63, 3.8) is 0 Å². The number of aromatic amines is 1. The quantitative estimate of drug-likeness (QED) is 0.550. The lowest BCUT2D eigenvalue weighted by atomic mass is 10.2. The Morgan fingerprint density at radius 1 is 0.971 bits per heavy atom. The normalized spacial score (nSPS) is 19.0. The molecule has 0 unspecified atom stereocenters. The monoisotopic (exact) mass is 478 g/mol. The van der Waals surface area contributed by atoms with E-state index in [1.54, 1.807) is 11.2 Å². The lowest BCUT2D eigenvalue weighted by Crippen LogP contribution is -2.44. The van der Waals surface area contributed by atoms with E-state index < -0.39 is 0 Å². The topological polar surface area (TPSA) is 92.9 Å². The van der Waals surface area contributed by atoms with Gasteiger partial charge in [0.05, 0.1) is 11.1 Å². The van der Waals surface area contributed by atoms with Crippen LogP contribution >= 0.6 is 0 Å². The van der Waals surface area contributed by atoms with Crippen molar-refractivity contribution >= 4 is 34.1 Å². The summed E-state index contributed by atoms with van der Waals surface area (Å²) in [6.07, 6.45) is 4.45. The van der Waals surface area contributed by atoms with Crippen LogP contribution < -0.4 is 15.0 Å². The van der Waals surface area contributed by atoms with Gasteiger partial charge in [-0.3, -0.25) is 4.79 Å². The van der Waals surface area contributed by atoms with E-state index in [4.69, 9.17) is 4.74 Å². The predicted octanol–water partition coefficient (Wildman–Crippen LogP) is 2.13. The molecule has 0 atom stereocenters. The molecule has 10 nitrogen and oxygen atoms in total. The number of nitrogens with zero attached hydrogens (tertiary/aromatic N) is 6. The number of ether oxygens (including phenoxy) is 1. The van der Waals surface area contributed by atoms with Crippen molar-refractivity contribution in [1.82, 2.24) is 29.7 Å². The highest BCUT2D eigenvalue weighted by molar-refractivity contribution is 5.92. The number of nitrogens with one attached hydrogen (secondary N) is 2. The number of amides is 1. The van der Waals surface area contributed by atoms with Gasteiger partial charge in [-0.15, -0.1) is 0 Å². The molecule has 10 heteroatoms. The maximum Gasteiger partial charge on any atom is 0.260 e. The van der Waals surface area contributed by atoms with E-state index in [9.17, 15) is 4.79 Å². The third kappa shape index (κ3) is 5.18. The van der Waals surface area contributed by atoms with Crippen LogP contribution in [-0.4, -0.2) is 103 Å². The number of aromatic nitrogens is 3. The summed E-state index contributed by atoms with van der Waals surface area (Å²) in [5.74, 6) is 1.43. The summed E-state index contributed by atoms with van der Waals surface area (Å²) in [7, 11) is 6.07. The van der Waals surface area contributed by atoms with Crippen LogP contribution in [0.15, 0.2) is 30.7 Å². The lowest BCUT2D eigenvalue weighted by Gasteiger charge is -2.35. The van der Waals surface area contributed by atoms with Gasteiger partial charge in [-0.1, -0.05) is 0 Å². The zero-order valence-corrected chi connectivity index (χ0v) is 20.8. The fourth-order valence-corrected chi connectivity index (χ4v) is 4.72. The highest BCUT2D eigenvalue weighted by Crippen LogP contribution is 2.34. The van der Waals surface area contributed by atoms with Crippen molar-refractivity contribution in [2.45, 2.75) is 13.0 Å². The number of carbonyl (C=O) groups is 1. The molecule has 1 aromatic carbocycles. The number of fused-ring (bicyclic) bond motifs is 2. The number of H-pyrrole nitrogens is 1. The molecular formula is C25H34N8O2. The molecule has 1 amide bonds. The molecule has 0 saturated carbocycles. The molecule has 3 aromatic rings. The van der Waals surface area contributed by atoms with E-state index in [0.29, 0.717) is 12.3 Å². The SMILES string of the molecule is CN1CCN(c2ccc3cc2OCC(=O)N(C)CCCN(C)Cc2c[nH]c4ncnc(c24)N3)CC1. The van der Waals surface area contributed by atoms with E-state index in [2.05, 4.69) is 55.1 Å². The molecule has 1 saturated heterocycles. The molecule has 186 valence electrons. The van der Waals surface area contributed by atoms with Crippen molar-refractivity contribution in [3.8, 4) is 5.75 Å². The molecular weight excluding hydrogens is 444 g/mol. The largest absolute Gasteiger partial charge is 0.482 e. The van der Waals surface area contributed by atoms with Crippen LogP contribution in [0.4, 0.5) is 17.2 Å². The zero-order chi connectivity index (χ0) is 24.4. The summed E-state index contributed by atoms with van der Waals surface area (Å²) in [6.45, 7) is 6.14. The van der Waals surface area contributed by atoms with Gasteiger partial charge in [-0.2, -0.15) is 0 Å². The molecule has 0 radical (unpaired) electrons. The minimum atomic E-state index is -0.0205. The first kappa shape index (κ1) is 23.4. The lowest BCUT2D eigenvalue weighted by molar-refractivity contribution is -0.132. The third-order valence-corrected chi connectivity index (χ3v) is 6.87. The van der Waals surface area contributed by atoms with Gasteiger partial charge in [-0.25, -0.2) is 9.97 Å². The van der Waals surface area contributed by atoms with Gasteiger partial charge in [0.25, 0.3) is 5.91 Å². The van der Waals surface area contributed by atoms with E-state index in [1.165, 1.54) is 0 Å². The Bertz CT molecular complexity index is 1190. The van der Waals surface area contributed by atoms with Gasteiger partial charge in [0, 0.05) is 64.3 Å². The summed E-state index contributed by atoms with van der Waals surface area (Å²) in [6, 6.07) is 6.09. The Labute approximate surface area is 205 Å². The number of anilines is 3. The van der Waals surface area contributed by atoms with Crippen molar-refractivity contribution in [2.24, 2.45) is 0 Å². The summed E-state index contributed by atoms with van der Waals surface area (Å²) >= 11 is 0. The van der Waals surface area contributed by atoms with Gasteiger partial charge < -0.3 is 34.6 Å². The molecule has 2 aliphatic rings. The number of hydrogen-bond donors (Lipinski definition) is 2. The molecule has 35 heavy (non-hydrogen) atoms. The van der Waals surface area contributed by atoms with Gasteiger partial charge >= 0.3 is 0 Å². The van der Waals surface area contributed by atoms with Crippen molar-refractivity contribution in [2.75, 3.05) is 77.2 Å². The van der Waals surface area contributed by atoms with Crippen LogP contribution in [-0.2, 0) is 11.3 Å². The summed E-state index contributed by atoms with van der Waals surface area (Å²) < 4.78 is 6.15. The number of likely N-dealkylation sites (N-methyl/N-ethyl adjacent to an activating group) is 2. The van der Waals surface area contributed by atoms with Gasteiger partial charge in [0.1, 0.15) is 23.5 Å². The summed E-state index contributed by atoms with van der Waals surface area (Å²) in [5, 5.41) is 4.47. The van der Waals surface area contributed by atoms with Crippen LogP contribution in [0.1, 0.15) is 12.0 Å². The van der Waals surface area contributed by atoms with Crippen LogP contribution in [0.2, 0.25) is 0 Å². The molecule has 1 fully saturated rings. The van der Waals surface area contributed by atoms with E-state index in [0.717, 1.165) is 79.5 Å². The van der Waals surface area contributed by atoms with Gasteiger partial charge in [0.2, 0.25) is 0 Å². The molecule has 4 heterocycles. The fourth-order valence-electron chi connectivity index (χ4n) is 4.72. The average Bonchev–Trinajstić information content (AvgIpc) is 3.26. The molecule has 0 aliphatic carbocycles. The van der Waals surface area contributed by atoms with E-state index >= 15 is 0 Å². The molecule has 2 bridgehead atoms. The van der Waals surface area contributed by atoms with Gasteiger partial charge in [-0.05, 0) is 44.8 Å². The first-order valence-electron chi connectivity index (χ1n) is 12.2. The number of carbonyl (C=O) groups excluding carboxylic acids is 1. The highest BCUT2D eigenvalue weighted by Gasteiger charge is 2.21. The number of rotatable bonds is 1. The van der Waals surface area contributed by atoms with Crippen molar-refractivity contribution in [1.29, 1.82) is 0 Å². The van der Waals surface area contributed by atoms with E-state index in [1.807, 2.05) is 25.4 Å². The zero-order valence-electron chi connectivity index (χ0n) is 20.8. The second-order valence-corrected chi connectivity index (χ2v) is 9.55. The van der Waals surface area contributed by atoms with Crippen LogP contribution in [0, 0.1) is 0 Å². The molecule has 5 rings (SSSR count). The standard InChI is InChI=1S/C25H34N8O2/c1-30-9-11-33(12-10-30)20-6-5-19-13-21(20)35-16-22(34)32(3)8-4-7-31(2)15-18-14-26-24-23(18)25(29-19)28-17-27-24/h5-6,13-14,17H,4,7-12,15-16H2,1-3H3,(H2,26,27,28,29). The Morgan fingerprint density at radius 3 is 2.63 bits per heavy atom. The second-order valence-electron chi connectivity index (χ2n) is 9.55. The van der Waals surface area contributed by atoms with Crippen LogP contribution in [0.5, 0.6) is 5.75 Å². The summed E-state index contributed by atoms with van der Waals surface area (Å²) in [4.78, 5) is 33.7. The molecule has 2 N–H and O–H groups in total. The number of piperazine rings is 1. The Hall–Kier alpha value is -3.37. The summed E-state index contributed by atoms with van der Waals surface area (Å²) in [5.41, 5.74) is 3.80. The minimum Gasteiger partial charge on any atom is -0.482 e. The Morgan fingerprint density at radius 2 is 1.80 bits per heavy atom. The Balaban J connectivity index is 1.52. The maximum atomic E-state index is 12.8. The fraction of sp³-hybridized carbons (Fsp3) is 0.480. The average molecular weight is 479 g/mol. The molecule has 2 aromatic heterocycles. The highest BCUT2D eigenvalue weighted by atomic mass is 16.5. The molecule has 0 spiro atoms. The second kappa shape index (κ2) is 10.1. The Kier molecular flexibility index (Phi) is 6.74. The first-order valence-corrected chi connectivity index (χ1v) is 12.2. The third-order valence-electron chi connectivity index (χ3n) is 6.87. The van der Waals surface area contributed by atoms with Crippen molar-refractivity contribution in [3.05, 3.63) is 36.3 Å². The van der Waals surface area contributed by atoms with Crippen LogP contribution in [0.3, 0.4) is 0 Å². The number of benzene rings is 1. The van der Waals surface area contributed by atoms with Crippen LogP contribution in [0.25, 0.3) is 11.0 Å². The minimum absolute atomic E-state index is 0.0102.